The molecular formula is C22H26N2O4. The summed E-state index contributed by atoms with van der Waals surface area (Å²) >= 11 is 0. The van der Waals surface area contributed by atoms with Crippen molar-refractivity contribution >= 4 is 17.5 Å². The van der Waals surface area contributed by atoms with E-state index in [0.29, 0.717) is 23.5 Å². The van der Waals surface area contributed by atoms with Gasteiger partial charge >= 0.3 is 6.09 Å². The number of ether oxygens (including phenoxy) is 2. The number of hydrogen-bond donors (Lipinski definition) is 3. The Labute approximate surface area is 165 Å². The summed E-state index contributed by atoms with van der Waals surface area (Å²) in [5.41, 5.74) is 3.07. The van der Waals surface area contributed by atoms with Crippen molar-refractivity contribution < 1.29 is 19.4 Å². The Morgan fingerprint density at radius 2 is 1.89 bits per heavy atom. The number of amides is 1. The molecule has 6 nitrogen and oxygen atoms in total. The van der Waals surface area contributed by atoms with E-state index < -0.39 is 11.7 Å². The number of terminal acetylenes is 1. The normalized spacial score (nSPS) is 10.7. The maximum Gasteiger partial charge on any atom is 0.412 e. The molecule has 2 aromatic carbocycles. The van der Waals surface area contributed by atoms with E-state index in [0.717, 1.165) is 16.8 Å². The Morgan fingerprint density at radius 1 is 1.18 bits per heavy atom. The van der Waals surface area contributed by atoms with E-state index in [2.05, 4.69) is 16.6 Å². The van der Waals surface area contributed by atoms with Crippen LogP contribution in [-0.2, 0) is 4.74 Å². The van der Waals surface area contributed by atoms with Gasteiger partial charge in [-0.25, -0.2) is 4.79 Å². The molecule has 1 amide bonds. The second-order valence-corrected chi connectivity index (χ2v) is 7.09. The number of carbonyl (C=O) groups is 1. The molecule has 0 aliphatic carbocycles. The first kappa shape index (κ1) is 21.1. The Hall–Kier alpha value is -3.17. The van der Waals surface area contributed by atoms with Gasteiger partial charge in [-0.3, -0.25) is 5.32 Å². The molecule has 0 aliphatic rings. The first-order valence-electron chi connectivity index (χ1n) is 8.91. The number of aliphatic hydroxyl groups excluding tert-OH is 1. The largest absolute Gasteiger partial charge is 0.497 e. The van der Waals surface area contributed by atoms with Crippen molar-refractivity contribution in [2.45, 2.75) is 26.4 Å². The number of methoxy groups -OCH3 is 1. The maximum atomic E-state index is 12.0. The van der Waals surface area contributed by atoms with Gasteiger partial charge in [0.25, 0.3) is 0 Å². The molecule has 0 saturated carbocycles. The zero-order chi connectivity index (χ0) is 20.7. The van der Waals surface area contributed by atoms with Gasteiger partial charge in [-0.1, -0.05) is 12.0 Å². The molecule has 0 aliphatic heterocycles. The van der Waals surface area contributed by atoms with Gasteiger partial charge < -0.3 is 19.9 Å². The fourth-order valence-corrected chi connectivity index (χ4v) is 2.62. The second-order valence-electron chi connectivity index (χ2n) is 7.09. The zero-order valence-corrected chi connectivity index (χ0v) is 16.6. The average Bonchev–Trinajstić information content (AvgIpc) is 2.64. The van der Waals surface area contributed by atoms with Crippen LogP contribution in [0.5, 0.6) is 5.75 Å². The molecule has 0 saturated heterocycles. The molecule has 0 spiro atoms. The van der Waals surface area contributed by atoms with Gasteiger partial charge in [0.1, 0.15) is 11.4 Å². The number of benzene rings is 2. The predicted molar refractivity (Wildman–Crippen MR) is 112 cm³/mol. The topological polar surface area (TPSA) is 79.8 Å². The molecule has 28 heavy (non-hydrogen) atoms. The van der Waals surface area contributed by atoms with Crippen molar-refractivity contribution in [2.24, 2.45) is 0 Å². The molecule has 148 valence electrons. The lowest BCUT2D eigenvalue weighted by Gasteiger charge is -2.20. The molecule has 6 heteroatoms. The second kappa shape index (κ2) is 9.16. The van der Waals surface area contributed by atoms with Gasteiger partial charge in [0.15, 0.2) is 0 Å². The summed E-state index contributed by atoms with van der Waals surface area (Å²) < 4.78 is 10.5. The van der Waals surface area contributed by atoms with E-state index in [4.69, 9.17) is 15.9 Å². The van der Waals surface area contributed by atoms with Crippen LogP contribution in [0.15, 0.2) is 36.4 Å². The number of anilines is 2. The summed E-state index contributed by atoms with van der Waals surface area (Å²) in [6, 6.07) is 10.9. The molecule has 2 rings (SSSR count). The quantitative estimate of drug-likeness (QED) is 0.656. The Morgan fingerprint density at radius 3 is 2.50 bits per heavy atom. The van der Waals surface area contributed by atoms with Crippen molar-refractivity contribution in [3.8, 4) is 29.2 Å². The lowest BCUT2D eigenvalue weighted by molar-refractivity contribution is 0.0636. The van der Waals surface area contributed by atoms with Crippen LogP contribution in [0, 0.1) is 12.3 Å². The minimum absolute atomic E-state index is 0.0340. The van der Waals surface area contributed by atoms with Gasteiger partial charge in [-0.2, -0.15) is 0 Å². The van der Waals surface area contributed by atoms with Gasteiger partial charge in [0.2, 0.25) is 0 Å². The Kier molecular flexibility index (Phi) is 6.91. The lowest BCUT2D eigenvalue weighted by atomic mass is 9.97. The van der Waals surface area contributed by atoms with Crippen molar-refractivity contribution in [2.75, 3.05) is 30.9 Å². The molecule has 3 N–H and O–H groups in total. The molecular weight excluding hydrogens is 356 g/mol. The highest BCUT2D eigenvalue weighted by Crippen LogP contribution is 2.34. The number of rotatable bonds is 6. The Balaban J connectivity index is 2.40. The molecule has 0 atom stereocenters. The van der Waals surface area contributed by atoms with E-state index in [1.807, 2.05) is 18.2 Å². The van der Waals surface area contributed by atoms with Crippen molar-refractivity contribution in [1.29, 1.82) is 0 Å². The zero-order valence-electron chi connectivity index (χ0n) is 16.6. The molecule has 0 heterocycles. The number of aliphatic hydroxyl groups is 1. The third-order valence-electron chi connectivity index (χ3n) is 3.76. The number of hydrogen-bond acceptors (Lipinski definition) is 5. The van der Waals surface area contributed by atoms with Crippen LogP contribution in [0.2, 0.25) is 0 Å². The smallest absolute Gasteiger partial charge is 0.412 e. The van der Waals surface area contributed by atoms with Gasteiger partial charge in [0.05, 0.1) is 13.7 Å². The van der Waals surface area contributed by atoms with Crippen molar-refractivity contribution in [3.05, 3.63) is 42.0 Å². The van der Waals surface area contributed by atoms with Gasteiger partial charge in [0, 0.05) is 29.0 Å². The van der Waals surface area contributed by atoms with Gasteiger partial charge in [-0.05, 0) is 56.7 Å². The summed E-state index contributed by atoms with van der Waals surface area (Å²) in [4.78, 5) is 12.0. The molecule has 0 bridgehead atoms. The molecule has 0 radical (unpaired) electrons. The first-order valence-corrected chi connectivity index (χ1v) is 8.91. The number of carbonyl (C=O) groups excluding carboxylic acids is 1. The SMILES string of the molecule is C#Cc1cc(OC)ccc1-c1ccc(NC(=O)OC(C)(C)C)cc1NCCO. The van der Waals surface area contributed by atoms with E-state index >= 15 is 0 Å². The third-order valence-corrected chi connectivity index (χ3v) is 3.76. The van der Waals surface area contributed by atoms with Crippen LogP contribution in [0.25, 0.3) is 11.1 Å². The van der Waals surface area contributed by atoms with Crippen LogP contribution in [0.1, 0.15) is 26.3 Å². The highest BCUT2D eigenvalue weighted by atomic mass is 16.6. The van der Waals surface area contributed by atoms with E-state index in [-0.39, 0.29) is 6.61 Å². The standard InChI is InChI=1S/C22H26N2O4/c1-6-15-13-17(27-5)8-10-18(15)19-9-7-16(14-20(19)23-11-12-25)24-21(26)28-22(2,3)4/h1,7-10,13-14,23,25H,11-12H2,2-5H3,(H,24,26). The summed E-state index contributed by atoms with van der Waals surface area (Å²) in [5.74, 6) is 3.35. The van der Waals surface area contributed by atoms with Crippen molar-refractivity contribution in [3.63, 3.8) is 0 Å². The third kappa shape index (κ3) is 5.66. The summed E-state index contributed by atoms with van der Waals surface area (Å²) in [7, 11) is 1.58. The average molecular weight is 382 g/mol. The fraction of sp³-hybridized carbons (Fsp3) is 0.318. The minimum Gasteiger partial charge on any atom is -0.497 e. The highest BCUT2D eigenvalue weighted by Gasteiger charge is 2.17. The van der Waals surface area contributed by atoms with Gasteiger partial charge in [-0.15, -0.1) is 6.42 Å². The lowest BCUT2D eigenvalue weighted by Crippen LogP contribution is -2.27. The summed E-state index contributed by atoms with van der Waals surface area (Å²) in [5, 5.41) is 15.1. The predicted octanol–water partition coefficient (Wildman–Crippen LogP) is 4.09. The minimum atomic E-state index is -0.590. The van der Waals surface area contributed by atoms with Crippen LogP contribution in [-0.4, -0.2) is 37.1 Å². The first-order chi connectivity index (χ1) is 13.3. The maximum absolute atomic E-state index is 12.0. The van der Waals surface area contributed by atoms with E-state index in [9.17, 15) is 9.90 Å². The number of nitrogens with one attached hydrogen (secondary N) is 2. The summed E-state index contributed by atoms with van der Waals surface area (Å²) in [6.07, 6.45) is 5.14. The van der Waals surface area contributed by atoms with Crippen LogP contribution in [0.4, 0.5) is 16.2 Å². The van der Waals surface area contributed by atoms with Crippen molar-refractivity contribution in [1.82, 2.24) is 0 Å². The van der Waals surface area contributed by atoms with Crippen LogP contribution < -0.4 is 15.4 Å². The monoisotopic (exact) mass is 382 g/mol. The highest BCUT2D eigenvalue weighted by molar-refractivity contribution is 5.89. The molecule has 0 unspecified atom stereocenters. The Bertz CT molecular complexity index is 879. The summed E-state index contributed by atoms with van der Waals surface area (Å²) in [6.45, 7) is 5.72. The molecule has 0 aromatic heterocycles. The van der Waals surface area contributed by atoms with E-state index in [1.54, 1.807) is 46.1 Å². The van der Waals surface area contributed by atoms with E-state index in [1.165, 1.54) is 0 Å². The van der Waals surface area contributed by atoms with Crippen LogP contribution in [0.3, 0.4) is 0 Å². The fourth-order valence-electron chi connectivity index (χ4n) is 2.62. The van der Waals surface area contributed by atoms with Crippen LogP contribution >= 0.6 is 0 Å². The molecule has 2 aromatic rings. The molecule has 0 fully saturated rings.